The highest BCUT2D eigenvalue weighted by Gasteiger charge is 2.48. The van der Waals surface area contributed by atoms with E-state index in [-0.39, 0.29) is 44.4 Å². The van der Waals surface area contributed by atoms with Gasteiger partial charge < -0.3 is 24.9 Å². The summed E-state index contributed by atoms with van der Waals surface area (Å²) in [6, 6.07) is 8.39. The lowest BCUT2D eigenvalue weighted by atomic mass is 9.98. The summed E-state index contributed by atoms with van der Waals surface area (Å²) in [6.45, 7) is 2.27. The van der Waals surface area contributed by atoms with E-state index in [1.165, 1.54) is 20.8 Å². The van der Waals surface area contributed by atoms with E-state index in [9.17, 15) is 31.9 Å². The second kappa shape index (κ2) is 13.1. The van der Waals surface area contributed by atoms with Crippen molar-refractivity contribution in [3.05, 3.63) is 70.5 Å². The number of piperazine rings is 1. The van der Waals surface area contributed by atoms with Crippen molar-refractivity contribution in [2.45, 2.75) is 64.1 Å². The standard InChI is InChI=1S/C30H37F4N5O3/c1-20-14-21(16-23(15-20)30(32,33)34)17-35-29(42)38-13-11-27(40)39-25(10-6-7-12-36(2)3)28(41)37(19-26(38)39)18-22-8-4-5-9-24(22)31/h4-5,8-9,14-16,25-26H,6-7,10-13,17-19H2,1-3H3,(H,35,42)/t25-,26+/m0/s1. The van der Waals surface area contributed by atoms with Crippen LogP contribution in [0.5, 0.6) is 0 Å². The fraction of sp³-hybridized carbons (Fsp3) is 0.500. The zero-order chi connectivity index (χ0) is 30.6. The summed E-state index contributed by atoms with van der Waals surface area (Å²) in [7, 11) is 3.90. The van der Waals surface area contributed by atoms with Gasteiger partial charge in [-0.2, -0.15) is 13.2 Å². The molecule has 2 atom stereocenters. The van der Waals surface area contributed by atoms with Crippen molar-refractivity contribution in [1.29, 1.82) is 0 Å². The van der Waals surface area contributed by atoms with E-state index in [0.717, 1.165) is 25.1 Å². The van der Waals surface area contributed by atoms with Crippen LogP contribution in [-0.4, -0.2) is 83.4 Å². The van der Waals surface area contributed by atoms with Crippen molar-refractivity contribution < 1.29 is 31.9 Å². The quantitative estimate of drug-likeness (QED) is 0.347. The van der Waals surface area contributed by atoms with Crippen LogP contribution in [0, 0.1) is 12.7 Å². The minimum absolute atomic E-state index is 0.0107. The van der Waals surface area contributed by atoms with Crippen LogP contribution in [0.15, 0.2) is 42.5 Å². The van der Waals surface area contributed by atoms with E-state index in [0.29, 0.717) is 29.5 Å². The van der Waals surface area contributed by atoms with Gasteiger partial charge in [-0.05, 0) is 70.6 Å². The molecule has 0 spiro atoms. The molecule has 0 unspecified atom stereocenters. The van der Waals surface area contributed by atoms with Gasteiger partial charge in [-0.1, -0.05) is 29.8 Å². The van der Waals surface area contributed by atoms with Crippen molar-refractivity contribution in [2.24, 2.45) is 0 Å². The average Bonchev–Trinajstić information content (AvgIpc) is 2.92. The van der Waals surface area contributed by atoms with Gasteiger partial charge in [0, 0.05) is 31.6 Å². The average molecular weight is 592 g/mol. The number of rotatable bonds is 9. The molecule has 1 N–H and O–H groups in total. The molecule has 2 saturated heterocycles. The second-order valence-corrected chi connectivity index (χ2v) is 11.2. The molecule has 4 amide bonds. The van der Waals surface area contributed by atoms with Crippen LogP contribution in [0.4, 0.5) is 22.4 Å². The van der Waals surface area contributed by atoms with Crippen LogP contribution < -0.4 is 5.32 Å². The Balaban J connectivity index is 1.56. The molecule has 42 heavy (non-hydrogen) atoms. The van der Waals surface area contributed by atoms with Gasteiger partial charge >= 0.3 is 12.2 Å². The summed E-state index contributed by atoms with van der Waals surface area (Å²) < 4.78 is 54.4. The Morgan fingerprint density at radius 3 is 2.52 bits per heavy atom. The van der Waals surface area contributed by atoms with E-state index in [2.05, 4.69) is 5.32 Å². The van der Waals surface area contributed by atoms with E-state index < -0.39 is 35.8 Å². The lowest BCUT2D eigenvalue weighted by Gasteiger charge is -2.52. The van der Waals surface area contributed by atoms with Gasteiger partial charge in [0.1, 0.15) is 18.0 Å². The topological polar surface area (TPSA) is 76.2 Å². The van der Waals surface area contributed by atoms with Gasteiger partial charge in [0.15, 0.2) is 0 Å². The van der Waals surface area contributed by atoms with Gasteiger partial charge in [-0.15, -0.1) is 0 Å². The van der Waals surface area contributed by atoms with Crippen molar-refractivity contribution >= 4 is 17.8 Å². The van der Waals surface area contributed by atoms with E-state index in [1.54, 1.807) is 31.2 Å². The number of halogens is 4. The number of nitrogens with one attached hydrogen (secondary N) is 1. The van der Waals surface area contributed by atoms with Crippen molar-refractivity contribution in [2.75, 3.05) is 33.7 Å². The first-order chi connectivity index (χ1) is 19.8. The maximum absolute atomic E-state index is 14.5. The Kier molecular flexibility index (Phi) is 9.75. The maximum atomic E-state index is 14.5. The first-order valence-electron chi connectivity index (χ1n) is 14.1. The van der Waals surface area contributed by atoms with Crippen LogP contribution in [0.3, 0.4) is 0 Å². The fourth-order valence-electron chi connectivity index (χ4n) is 5.64. The molecule has 12 heteroatoms. The zero-order valence-electron chi connectivity index (χ0n) is 24.1. The molecular weight excluding hydrogens is 554 g/mol. The Bertz CT molecular complexity index is 1300. The van der Waals surface area contributed by atoms with Crippen LogP contribution in [0.1, 0.15) is 47.9 Å². The molecule has 2 aromatic carbocycles. The predicted molar refractivity (Wildman–Crippen MR) is 148 cm³/mol. The zero-order valence-corrected chi connectivity index (χ0v) is 24.1. The Labute approximate surface area is 243 Å². The molecular formula is C30H37F4N5O3. The normalized spacial score (nSPS) is 19.4. The molecule has 2 heterocycles. The molecule has 0 radical (unpaired) electrons. The highest BCUT2D eigenvalue weighted by molar-refractivity contribution is 5.91. The molecule has 4 rings (SSSR count). The number of alkyl halides is 3. The molecule has 0 bridgehead atoms. The number of carbonyl (C=O) groups is 3. The second-order valence-electron chi connectivity index (χ2n) is 11.2. The van der Waals surface area contributed by atoms with Gasteiger partial charge in [-0.3, -0.25) is 9.59 Å². The summed E-state index contributed by atoms with van der Waals surface area (Å²) >= 11 is 0. The molecule has 0 aromatic heterocycles. The largest absolute Gasteiger partial charge is 0.416 e. The summed E-state index contributed by atoms with van der Waals surface area (Å²) in [5.41, 5.74) is 0.229. The van der Waals surface area contributed by atoms with Crippen LogP contribution >= 0.6 is 0 Å². The third-order valence-corrected chi connectivity index (χ3v) is 7.67. The number of benzene rings is 2. The molecule has 0 saturated carbocycles. The molecule has 2 aliphatic rings. The molecule has 2 aliphatic heterocycles. The third kappa shape index (κ3) is 7.39. The van der Waals surface area contributed by atoms with Crippen LogP contribution in [0.2, 0.25) is 0 Å². The van der Waals surface area contributed by atoms with Crippen LogP contribution in [0.25, 0.3) is 0 Å². The van der Waals surface area contributed by atoms with Gasteiger partial charge in [0.2, 0.25) is 11.8 Å². The Hall–Kier alpha value is -3.67. The number of fused-ring (bicyclic) bond motifs is 1. The minimum atomic E-state index is -4.52. The van der Waals surface area contributed by atoms with E-state index >= 15 is 0 Å². The molecule has 0 aliphatic carbocycles. The maximum Gasteiger partial charge on any atom is 0.416 e. The van der Waals surface area contributed by atoms with E-state index in [1.807, 2.05) is 19.0 Å². The summed E-state index contributed by atoms with van der Waals surface area (Å²) in [5.74, 6) is -0.996. The number of nitrogens with zero attached hydrogens (tertiary/aromatic N) is 4. The monoisotopic (exact) mass is 591 g/mol. The van der Waals surface area contributed by atoms with Crippen molar-refractivity contribution in [1.82, 2.24) is 24.9 Å². The SMILES string of the molecule is Cc1cc(CNC(=O)N2CCC(=O)N3[C@@H]2CN(Cc2ccccc2F)C(=O)[C@@H]3CCCCN(C)C)cc(C(F)(F)F)c1. The van der Waals surface area contributed by atoms with Crippen LogP contribution in [-0.2, 0) is 28.9 Å². The summed E-state index contributed by atoms with van der Waals surface area (Å²) in [6.07, 6.45) is -3.44. The third-order valence-electron chi connectivity index (χ3n) is 7.67. The number of aryl methyl sites for hydroxylation is 1. The number of carbonyl (C=O) groups excluding carboxylic acids is 3. The number of hydrogen-bond donors (Lipinski definition) is 1. The molecule has 228 valence electrons. The first-order valence-corrected chi connectivity index (χ1v) is 14.1. The molecule has 2 aromatic rings. The summed E-state index contributed by atoms with van der Waals surface area (Å²) in [5, 5.41) is 2.70. The Morgan fingerprint density at radius 1 is 1.10 bits per heavy atom. The Morgan fingerprint density at radius 2 is 1.83 bits per heavy atom. The summed E-state index contributed by atoms with van der Waals surface area (Å²) in [4.78, 5) is 46.8. The smallest absolute Gasteiger partial charge is 0.334 e. The fourth-order valence-corrected chi connectivity index (χ4v) is 5.64. The number of urea groups is 1. The van der Waals surface area contributed by atoms with E-state index in [4.69, 9.17) is 0 Å². The lowest BCUT2D eigenvalue weighted by molar-refractivity contribution is -0.167. The molecule has 2 fully saturated rings. The van der Waals surface area contributed by atoms with Gasteiger partial charge in [0.05, 0.1) is 12.1 Å². The van der Waals surface area contributed by atoms with Gasteiger partial charge in [0.25, 0.3) is 0 Å². The first kappa shape index (κ1) is 31.3. The van der Waals surface area contributed by atoms with Gasteiger partial charge in [-0.25, -0.2) is 9.18 Å². The van der Waals surface area contributed by atoms with Crippen molar-refractivity contribution in [3.8, 4) is 0 Å². The highest BCUT2D eigenvalue weighted by atomic mass is 19.4. The number of amides is 4. The minimum Gasteiger partial charge on any atom is -0.334 e. The number of hydrogen-bond acceptors (Lipinski definition) is 4. The molecule has 8 nitrogen and oxygen atoms in total. The lowest BCUT2D eigenvalue weighted by Crippen LogP contribution is -2.71. The van der Waals surface area contributed by atoms with Crippen molar-refractivity contribution in [3.63, 3.8) is 0 Å². The number of unbranched alkanes of at least 4 members (excludes halogenated alkanes) is 1. The predicted octanol–water partition coefficient (Wildman–Crippen LogP) is 4.37. The highest BCUT2D eigenvalue weighted by Crippen LogP contribution is 2.31.